The molecule has 0 rings (SSSR count). The van der Waals surface area contributed by atoms with Gasteiger partial charge in [-0.15, -0.1) is 0 Å². The first kappa shape index (κ1) is 30.3. The zero-order valence-electron chi connectivity index (χ0n) is 12.1. The first-order valence-corrected chi connectivity index (χ1v) is 5.74. The average Bonchev–Trinajstić information content (AvgIpc) is 2.43. The summed E-state index contributed by atoms with van der Waals surface area (Å²) in [5, 5.41) is 0. The molecule has 0 amide bonds. The normalized spacial score (nSPS) is 14.9. The maximum absolute atomic E-state index is 13.1. The molecule has 0 heterocycles. The van der Waals surface area contributed by atoms with Gasteiger partial charge in [-0.1, -0.05) is 0 Å². The Hall–Kier alpha value is -0.910. The van der Waals surface area contributed by atoms with Crippen molar-refractivity contribution in [3.8, 4) is 0 Å². The molecule has 0 fully saturated rings. The monoisotopic (exact) mass is 482 g/mol. The molecule has 0 saturated heterocycles. The number of carbonyl (C=O) groups is 1. The van der Waals surface area contributed by atoms with Crippen LogP contribution in [-0.4, -0.2) is 77.2 Å². The molecule has 0 N–H and O–H groups in total. The number of carbonyl (C=O) groups excluding carboxylic acids is 1. The maximum atomic E-state index is 13.1. The molecule has 0 radical (unpaired) electrons. The first-order chi connectivity index (χ1) is 11.8. The topological polar surface area (TPSA) is 26.3 Å². The van der Waals surface area contributed by atoms with Gasteiger partial charge in [-0.3, -0.25) is 0 Å². The van der Waals surface area contributed by atoms with Crippen LogP contribution in [0.2, 0.25) is 0 Å². The third kappa shape index (κ3) is 4.28. The molecular formula is C10H3F16NaO2. The van der Waals surface area contributed by atoms with E-state index in [2.05, 4.69) is 4.74 Å². The van der Waals surface area contributed by atoms with Crippen LogP contribution in [0, 0.1) is 0 Å². The molecule has 0 bridgehead atoms. The van der Waals surface area contributed by atoms with Crippen molar-refractivity contribution in [1.82, 2.24) is 0 Å². The minimum absolute atomic E-state index is 0. The standard InChI is InChI=1S/C10H2F16O2.Na.H/c1-2(11)28-3(27)4(12,13)5(14,15)6(16,17)7(18,19)8(20,21)9(22,23)10(24,25)26;;/h1H2;;. The van der Waals surface area contributed by atoms with E-state index in [0.29, 0.717) is 0 Å². The first-order valence-electron chi connectivity index (χ1n) is 5.74. The summed E-state index contributed by atoms with van der Waals surface area (Å²) in [7, 11) is 0. The molecule has 19 heteroatoms. The Morgan fingerprint density at radius 3 is 1.14 bits per heavy atom. The van der Waals surface area contributed by atoms with Crippen molar-refractivity contribution in [3.63, 3.8) is 0 Å². The molecule has 0 aliphatic heterocycles. The summed E-state index contributed by atoms with van der Waals surface area (Å²) in [6.07, 6.45) is -7.74. The SMILES string of the molecule is C=C(F)OC(=O)C(F)(F)C(F)(F)C(F)(F)C(F)(F)C(F)(F)C(F)(F)C(F)(F)F.[NaH]. The van der Waals surface area contributed by atoms with Gasteiger partial charge in [0.25, 0.3) is 6.01 Å². The average molecular weight is 482 g/mol. The third-order valence-corrected chi connectivity index (χ3v) is 2.79. The summed E-state index contributed by atoms with van der Waals surface area (Å²) in [4.78, 5) is 10.5. The van der Waals surface area contributed by atoms with Crippen LogP contribution in [0.5, 0.6) is 0 Å². The van der Waals surface area contributed by atoms with E-state index in [0.717, 1.165) is 0 Å². The zero-order chi connectivity index (χ0) is 23.4. The van der Waals surface area contributed by atoms with Gasteiger partial charge >= 0.3 is 77.2 Å². The summed E-state index contributed by atoms with van der Waals surface area (Å²) in [6.45, 7) is 1.83. The number of hydrogen-bond donors (Lipinski definition) is 0. The van der Waals surface area contributed by atoms with Crippen molar-refractivity contribution in [2.75, 3.05) is 0 Å². The van der Waals surface area contributed by atoms with Crippen molar-refractivity contribution < 1.29 is 79.8 Å². The molecule has 0 unspecified atom stereocenters. The Balaban J connectivity index is 0. The fourth-order valence-corrected chi connectivity index (χ4v) is 1.26. The van der Waals surface area contributed by atoms with E-state index in [4.69, 9.17) is 0 Å². The number of rotatable bonds is 7. The van der Waals surface area contributed by atoms with Crippen LogP contribution in [-0.2, 0) is 9.53 Å². The fourth-order valence-electron chi connectivity index (χ4n) is 1.26. The molecule has 0 spiro atoms. The van der Waals surface area contributed by atoms with Crippen LogP contribution < -0.4 is 0 Å². The van der Waals surface area contributed by atoms with Gasteiger partial charge in [0.1, 0.15) is 0 Å². The van der Waals surface area contributed by atoms with E-state index >= 15 is 0 Å². The molecule has 2 nitrogen and oxygen atoms in total. The summed E-state index contributed by atoms with van der Waals surface area (Å²) in [5.74, 6) is -53.1. The number of hydrogen-bond acceptors (Lipinski definition) is 2. The van der Waals surface area contributed by atoms with Crippen LogP contribution in [0.3, 0.4) is 0 Å². The summed E-state index contributed by atoms with van der Waals surface area (Å²) < 4.78 is 205. The number of alkyl halides is 15. The van der Waals surface area contributed by atoms with Gasteiger partial charge in [-0.05, 0) is 6.58 Å². The second kappa shape index (κ2) is 7.97. The third-order valence-electron chi connectivity index (χ3n) is 2.79. The second-order valence-electron chi connectivity index (χ2n) is 4.69. The Labute approximate surface area is 170 Å². The van der Waals surface area contributed by atoms with Crippen LogP contribution >= 0.6 is 0 Å². The summed E-state index contributed by atoms with van der Waals surface area (Å²) in [5.41, 5.74) is 0. The van der Waals surface area contributed by atoms with Crippen molar-refractivity contribution >= 4 is 35.5 Å². The summed E-state index contributed by atoms with van der Waals surface area (Å²) in [6, 6.07) is -2.72. The fraction of sp³-hybridized carbons (Fsp3) is 0.700. The van der Waals surface area contributed by atoms with Gasteiger partial charge in [0.05, 0.1) is 0 Å². The number of ether oxygens (including phenoxy) is 1. The van der Waals surface area contributed by atoms with E-state index in [1.165, 1.54) is 0 Å². The summed E-state index contributed by atoms with van der Waals surface area (Å²) >= 11 is 0. The van der Waals surface area contributed by atoms with Gasteiger partial charge in [0.15, 0.2) is 0 Å². The van der Waals surface area contributed by atoms with Crippen molar-refractivity contribution in [3.05, 3.63) is 12.6 Å². The number of esters is 1. The van der Waals surface area contributed by atoms with E-state index < -0.39 is 53.7 Å². The molecule has 0 aliphatic rings. The van der Waals surface area contributed by atoms with Crippen molar-refractivity contribution in [2.24, 2.45) is 0 Å². The Kier molecular flexibility index (Phi) is 8.33. The van der Waals surface area contributed by atoms with Crippen LogP contribution in [0.4, 0.5) is 70.2 Å². The van der Waals surface area contributed by atoms with E-state index in [-0.39, 0.29) is 29.6 Å². The van der Waals surface area contributed by atoms with Gasteiger partial charge < -0.3 is 4.74 Å². The van der Waals surface area contributed by atoms with Crippen LogP contribution in [0.1, 0.15) is 0 Å². The Morgan fingerprint density at radius 1 is 0.586 bits per heavy atom. The number of halogens is 16. The predicted octanol–water partition coefficient (Wildman–Crippen LogP) is 4.70. The molecule has 0 aliphatic carbocycles. The zero-order valence-corrected chi connectivity index (χ0v) is 12.1. The van der Waals surface area contributed by atoms with Gasteiger partial charge in [0, 0.05) is 0 Å². The minimum atomic E-state index is -8.54. The van der Waals surface area contributed by atoms with Crippen LogP contribution in [0.25, 0.3) is 0 Å². The molecule has 0 aromatic rings. The van der Waals surface area contributed by atoms with E-state index in [1.807, 2.05) is 6.58 Å². The van der Waals surface area contributed by atoms with Gasteiger partial charge in [-0.2, -0.15) is 70.2 Å². The quantitative estimate of drug-likeness (QED) is 0.228. The van der Waals surface area contributed by atoms with E-state index in [9.17, 15) is 75.0 Å². The molecule has 0 aromatic carbocycles. The van der Waals surface area contributed by atoms with Gasteiger partial charge in [0.2, 0.25) is 0 Å². The molecule has 29 heavy (non-hydrogen) atoms. The van der Waals surface area contributed by atoms with Crippen LogP contribution in [0.15, 0.2) is 12.6 Å². The second-order valence-corrected chi connectivity index (χ2v) is 4.69. The Morgan fingerprint density at radius 2 is 0.862 bits per heavy atom. The Bertz CT molecular complexity index is 636. The van der Waals surface area contributed by atoms with Gasteiger partial charge in [-0.25, -0.2) is 4.79 Å². The molecule has 168 valence electrons. The molecular weight excluding hydrogens is 479 g/mol. The van der Waals surface area contributed by atoms with E-state index in [1.54, 1.807) is 0 Å². The van der Waals surface area contributed by atoms with Crippen molar-refractivity contribution in [1.29, 1.82) is 0 Å². The molecule has 0 aromatic heterocycles. The van der Waals surface area contributed by atoms with Crippen molar-refractivity contribution in [2.45, 2.75) is 41.7 Å². The predicted molar refractivity (Wildman–Crippen MR) is 59.2 cm³/mol. The molecule has 0 atom stereocenters. The molecule has 0 saturated carbocycles.